The molecule has 1 aromatic heterocycles. The van der Waals surface area contributed by atoms with E-state index in [1.807, 2.05) is 66.7 Å². The first kappa shape index (κ1) is 28.4. The van der Waals surface area contributed by atoms with E-state index in [1.165, 1.54) is 0 Å². The maximum atomic E-state index is 13.1. The van der Waals surface area contributed by atoms with Crippen molar-refractivity contribution in [2.24, 2.45) is 0 Å². The molecule has 1 fully saturated rings. The molecular weight excluding hydrogens is 516 g/mol. The molecule has 4 aromatic rings. The number of benzene rings is 3. The standard InChI is InChI=1S/C33H38N4O4/c1-33(2,3)22-9-11-31(40-4)29(19-22)36-32(39)35-28-10-12-30(27-8-6-5-7-26(27)28)41-25-13-16-34-23(20-25)21-37-17-14-24(38)15-18-37/h5-13,16,19-20,24,38H,14-15,17-18,21H2,1-4H3,(H2,35,36,39). The number of carbonyl (C=O) groups excluding carboxylic acids is 1. The van der Waals surface area contributed by atoms with Crippen molar-refractivity contribution in [1.82, 2.24) is 9.88 Å². The molecule has 5 rings (SSSR count). The number of anilines is 2. The first-order valence-corrected chi connectivity index (χ1v) is 14.0. The van der Waals surface area contributed by atoms with Crippen LogP contribution < -0.4 is 20.1 Å². The first-order valence-electron chi connectivity index (χ1n) is 14.0. The molecule has 0 unspecified atom stereocenters. The molecule has 1 aliphatic rings. The van der Waals surface area contributed by atoms with Gasteiger partial charge in [0.05, 0.1) is 30.3 Å². The van der Waals surface area contributed by atoms with E-state index in [-0.39, 0.29) is 17.6 Å². The van der Waals surface area contributed by atoms with Crippen LogP contribution in [0, 0.1) is 0 Å². The Hall–Kier alpha value is -4.14. The number of methoxy groups -OCH3 is 1. The lowest BCUT2D eigenvalue weighted by atomic mass is 9.87. The summed E-state index contributed by atoms with van der Waals surface area (Å²) >= 11 is 0. The van der Waals surface area contributed by atoms with E-state index in [4.69, 9.17) is 9.47 Å². The average Bonchev–Trinajstić information content (AvgIpc) is 2.95. The van der Waals surface area contributed by atoms with E-state index >= 15 is 0 Å². The normalized spacial score (nSPS) is 14.6. The molecule has 0 radical (unpaired) electrons. The number of hydrogen-bond acceptors (Lipinski definition) is 6. The molecule has 0 saturated carbocycles. The van der Waals surface area contributed by atoms with Gasteiger partial charge in [-0.3, -0.25) is 9.88 Å². The lowest BCUT2D eigenvalue weighted by molar-refractivity contribution is 0.0786. The van der Waals surface area contributed by atoms with Crippen molar-refractivity contribution in [3.8, 4) is 17.2 Å². The van der Waals surface area contributed by atoms with Gasteiger partial charge in [-0.05, 0) is 54.2 Å². The van der Waals surface area contributed by atoms with Crippen LogP contribution in [0.4, 0.5) is 16.2 Å². The van der Waals surface area contributed by atoms with Gasteiger partial charge in [-0.15, -0.1) is 0 Å². The molecule has 0 bridgehead atoms. The zero-order valence-corrected chi connectivity index (χ0v) is 24.1. The number of piperidine rings is 1. The van der Waals surface area contributed by atoms with E-state index in [0.717, 1.165) is 48.0 Å². The lowest BCUT2D eigenvalue weighted by Crippen LogP contribution is -2.35. The van der Waals surface area contributed by atoms with Crippen molar-refractivity contribution in [3.05, 3.63) is 84.2 Å². The SMILES string of the molecule is COc1ccc(C(C)(C)C)cc1NC(=O)Nc1ccc(Oc2ccnc(CN3CCC(O)CC3)c2)c2ccccc12. The lowest BCUT2D eigenvalue weighted by Gasteiger charge is -2.29. The Labute approximate surface area is 241 Å². The predicted molar refractivity (Wildman–Crippen MR) is 163 cm³/mol. The number of aromatic nitrogens is 1. The second-order valence-corrected chi connectivity index (χ2v) is 11.5. The van der Waals surface area contributed by atoms with Crippen molar-refractivity contribution < 1.29 is 19.4 Å². The Kier molecular flexibility index (Phi) is 8.42. The molecule has 2 heterocycles. The van der Waals surface area contributed by atoms with E-state index in [2.05, 4.69) is 41.3 Å². The summed E-state index contributed by atoms with van der Waals surface area (Å²) in [5.41, 5.74) is 3.21. The molecule has 8 nitrogen and oxygen atoms in total. The summed E-state index contributed by atoms with van der Waals surface area (Å²) in [6, 6.07) is 20.8. The van der Waals surface area contributed by atoms with E-state index < -0.39 is 0 Å². The highest BCUT2D eigenvalue weighted by molar-refractivity contribution is 6.08. The Balaban J connectivity index is 1.33. The Bertz CT molecular complexity index is 1520. The monoisotopic (exact) mass is 554 g/mol. The highest BCUT2D eigenvalue weighted by Gasteiger charge is 2.19. The van der Waals surface area contributed by atoms with Gasteiger partial charge in [0, 0.05) is 42.7 Å². The van der Waals surface area contributed by atoms with E-state index in [0.29, 0.717) is 35.2 Å². The van der Waals surface area contributed by atoms with Gasteiger partial charge in [-0.2, -0.15) is 0 Å². The Morgan fingerprint density at radius 2 is 1.66 bits per heavy atom. The number of nitrogens with one attached hydrogen (secondary N) is 2. The van der Waals surface area contributed by atoms with Gasteiger partial charge in [0.2, 0.25) is 0 Å². The fourth-order valence-electron chi connectivity index (χ4n) is 5.06. The van der Waals surface area contributed by atoms with Gasteiger partial charge < -0.3 is 25.2 Å². The summed E-state index contributed by atoms with van der Waals surface area (Å²) in [5, 5.41) is 17.5. The number of pyridine rings is 1. The number of amides is 2. The maximum absolute atomic E-state index is 13.1. The molecule has 2 amide bonds. The summed E-state index contributed by atoms with van der Waals surface area (Å²) in [5.74, 6) is 1.97. The van der Waals surface area contributed by atoms with Gasteiger partial charge >= 0.3 is 6.03 Å². The molecule has 1 aliphatic heterocycles. The topological polar surface area (TPSA) is 96.0 Å². The molecule has 8 heteroatoms. The number of rotatable bonds is 7. The number of likely N-dealkylation sites (tertiary alicyclic amines) is 1. The number of fused-ring (bicyclic) bond motifs is 1. The molecule has 0 spiro atoms. The number of nitrogens with zero attached hydrogens (tertiary/aromatic N) is 2. The minimum atomic E-state index is -0.364. The third kappa shape index (κ3) is 6.96. The predicted octanol–water partition coefficient (Wildman–Crippen LogP) is 6.93. The van der Waals surface area contributed by atoms with Crippen molar-refractivity contribution >= 4 is 28.2 Å². The van der Waals surface area contributed by atoms with Crippen LogP contribution in [0.2, 0.25) is 0 Å². The Morgan fingerprint density at radius 3 is 2.39 bits per heavy atom. The zero-order valence-electron chi connectivity index (χ0n) is 24.1. The van der Waals surface area contributed by atoms with Crippen molar-refractivity contribution in [3.63, 3.8) is 0 Å². The van der Waals surface area contributed by atoms with Gasteiger partial charge in [-0.1, -0.05) is 51.1 Å². The van der Waals surface area contributed by atoms with Crippen LogP contribution in [0.15, 0.2) is 72.9 Å². The van der Waals surface area contributed by atoms with Crippen LogP contribution in [0.1, 0.15) is 44.9 Å². The first-order chi connectivity index (χ1) is 19.7. The fourth-order valence-corrected chi connectivity index (χ4v) is 5.06. The smallest absolute Gasteiger partial charge is 0.323 e. The third-order valence-electron chi connectivity index (χ3n) is 7.40. The molecule has 41 heavy (non-hydrogen) atoms. The molecule has 1 saturated heterocycles. The van der Waals surface area contributed by atoms with Gasteiger partial charge in [-0.25, -0.2) is 4.79 Å². The second kappa shape index (κ2) is 12.2. The van der Waals surface area contributed by atoms with E-state index in [1.54, 1.807) is 13.3 Å². The second-order valence-electron chi connectivity index (χ2n) is 11.5. The summed E-state index contributed by atoms with van der Waals surface area (Å²) in [6.45, 7) is 8.81. The van der Waals surface area contributed by atoms with Crippen LogP contribution in [-0.2, 0) is 12.0 Å². The van der Waals surface area contributed by atoms with Crippen molar-refractivity contribution in [2.45, 2.75) is 51.7 Å². The number of hydrogen-bond donors (Lipinski definition) is 3. The summed E-state index contributed by atoms with van der Waals surface area (Å²) in [4.78, 5) is 19.9. The minimum Gasteiger partial charge on any atom is -0.495 e. The van der Waals surface area contributed by atoms with Gasteiger partial charge in [0.25, 0.3) is 0 Å². The Morgan fingerprint density at radius 1 is 0.951 bits per heavy atom. The minimum absolute atomic E-state index is 0.0715. The van der Waals surface area contributed by atoms with Crippen LogP contribution >= 0.6 is 0 Å². The van der Waals surface area contributed by atoms with Gasteiger partial charge in [0.15, 0.2) is 0 Å². The van der Waals surface area contributed by atoms with Crippen molar-refractivity contribution in [2.75, 3.05) is 30.8 Å². The van der Waals surface area contributed by atoms with Crippen LogP contribution in [0.25, 0.3) is 10.8 Å². The fraction of sp³-hybridized carbons (Fsp3) is 0.333. The molecule has 0 aliphatic carbocycles. The molecule has 3 aromatic carbocycles. The molecule has 214 valence electrons. The summed E-state index contributed by atoms with van der Waals surface area (Å²) < 4.78 is 11.8. The average molecular weight is 555 g/mol. The zero-order chi connectivity index (χ0) is 29.0. The number of urea groups is 1. The quantitative estimate of drug-likeness (QED) is 0.229. The molecule has 0 atom stereocenters. The van der Waals surface area contributed by atoms with Crippen LogP contribution in [0.3, 0.4) is 0 Å². The highest BCUT2D eigenvalue weighted by Crippen LogP contribution is 2.35. The van der Waals surface area contributed by atoms with Crippen LogP contribution in [-0.4, -0.2) is 47.3 Å². The van der Waals surface area contributed by atoms with Crippen LogP contribution in [0.5, 0.6) is 17.2 Å². The molecular formula is C33H38N4O4. The third-order valence-corrected chi connectivity index (χ3v) is 7.40. The highest BCUT2D eigenvalue weighted by atomic mass is 16.5. The van der Waals surface area contributed by atoms with E-state index in [9.17, 15) is 9.90 Å². The largest absolute Gasteiger partial charge is 0.495 e. The molecule has 3 N–H and O–H groups in total. The number of aliphatic hydroxyl groups is 1. The number of carbonyl (C=O) groups is 1. The van der Waals surface area contributed by atoms with Gasteiger partial charge in [0.1, 0.15) is 17.2 Å². The van der Waals surface area contributed by atoms with Crippen molar-refractivity contribution in [1.29, 1.82) is 0 Å². The summed E-state index contributed by atoms with van der Waals surface area (Å²) in [6.07, 6.45) is 3.14. The maximum Gasteiger partial charge on any atom is 0.323 e. The number of ether oxygens (including phenoxy) is 2. The summed E-state index contributed by atoms with van der Waals surface area (Å²) in [7, 11) is 1.59. The number of aliphatic hydroxyl groups excluding tert-OH is 1.